The molecule has 5 nitrogen and oxygen atoms in total. The zero-order valence-electron chi connectivity index (χ0n) is 12.2. The fourth-order valence-electron chi connectivity index (χ4n) is 2.49. The highest BCUT2D eigenvalue weighted by molar-refractivity contribution is 5.94. The van der Waals surface area contributed by atoms with Gasteiger partial charge in [0, 0.05) is 25.7 Å². The summed E-state index contributed by atoms with van der Waals surface area (Å²) >= 11 is 0. The number of piperidine rings is 1. The Labute approximate surface area is 123 Å². The van der Waals surface area contributed by atoms with Crippen molar-refractivity contribution in [1.82, 2.24) is 9.96 Å². The first kappa shape index (κ1) is 15.4. The molecule has 0 N–H and O–H groups in total. The van der Waals surface area contributed by atoms with Crippen molar-refractivity contribution < 1.29 is 18.8 Å². The van der Waals surface area contributed by atoms with E-state index in [1.54, 1.807) is 11.9 Å². The van der Waals surface area contributed by atoms with Crippen molar-refractivity contribution in [2.45, 2.75) is 12.8 Å². The van der Waals surface area contributed by atoms with Crippen LogP contribution in [0, 0.1) is 11.7 Å². The quantitative estimate of drug-likeness (QED) is 0.797. The highest BCUT2D eigenvalue weighted by Crippen LogP contribution is 2.20. The van der Waals surface area contributed by atoms with Gasteiger partial charge in [0.25, 0.3) is 11.8 Å². The van der Waals surface area contributed by atoms with Crippen LogP contribution in [0.4, 0.5) is 4.39 Å². The lowest BCUT2D eigenvalue weighted by atomic mass is 9.96. The summed E-state index contributed by atoms with van der Waals surface area (Å²) in [5, 5.41) is 1.19. The minimum atomic E-state index is -0.375. The van der Waals surface area contributed by atoms with Gasteiger partial charge in [0.15, 0.2) is 0 Å². The second kappa shape index (κ2) is 6.67. The molecule has 0 bridgehead atoms. The maximum absolute atomic E-state index is 12.9. The lowest BCUT2D eigenvalue weighted by molar-refractivity contribution is -0.174. The van der Waals surface area contributed by atoms with Gasteiger partial charge in [-0.05, 0) is 37.1 Å². The van der Waals surface area contributed by atoms with E-state index in [2.05, 4.69) is 0 Å². The highest BCUT2D eigenvalue weighted by atomic mass is 19.1. The van der Waals surface area contributed by atoms with Crippen molar-refractivity contribution in [3.63, 3.8) is 0 Å². The van der Waals surface area contributed by atoms with E-state index >= 15 is 0 Å². The van der Waals surface area contributed by atoms with E-state index in [4.69, 9.17) is 4.84 Å². The Kier molecular flexibility index (Phi) is 4.90. The van der Waals surface area contributed by atoms with E-state index in [1.165, 1.54) is 36.4 Å². The molecule has 1 aromatic rings. The van der Waals surface area contributed by atoms with E-state index < -0.39 is 0 Å². The zero-order valence-corrected chi connectivity index (χ0v) is 12.2. The Morgan fingerprint density at radius 2 is 2.00 bits per heavy atom. The van der Waals surface area contributed by atoms with E-state index in [9.17, 15) is 14.0 Å². The lowest BCUT2D eigenvalue weighted by Gasteiger charge is -2.33. The third-order valence-electron chi connectivity index (χ3n) is 3.73. The number of carbonyl (C=O) groups excluding carboxylic acids is 2. The van der Waals surface area contributed by atoms with Crippen LogP contribution in [0.25, 0.3) is 0 Å². The second-order valence-electron chi connectivity index (χ2n) is 5.12. The zero-order chi connectivity index (χ0) is 15.4. The van der Waals surface area contributed by atoms with E-state index in [0.29, 0.717) is 18.7 Å². The van der Waals surface area contributed by atoms with E-state index in [-0.39, 0.29) is 23.5 Å². The topological polar surface area (TPSA) is 49.9 Å². The summed E-state index contributed by atoms with van der Waals surface area (Å²) < 4.78 is 12.9. The van der Waals surface area contributed by atoms with Crippen molar-refractivity contribution in [3.8, 4) is 0 Å². The number of halogens is 1. The van der Waals surface area contributed by atoms with Crippen molar-refractivity contribution in [2.24, 2.45) is 5.92 Å². The Morgan fingerprint density at radius 3 is 2.62 bits per heavy atom. The first-order chi connectivity index (χ1) is 10.0. The molecule has 1 unspecified atom stereocenters. The van der Waals surface area contributed by atoms with Gasteiger partial charge in [-0.15, -0.1) is 0 Å². The Balaban J connectivity index is 2.05. The lowest BCUT2D eigenvalue weighted by Crippen LogP contribution is -2.45. The monoisotopic (exact) mass is 294 g/mol. The molecule has 1 saturated heterocycles. The molecule has 1 fully saturated rings. The van der Waals surface area contributed by atoms with Crippen molar-refractivity contribution in [3.05, 3.63) is 35.6 Å². The van der Waals surface area contributed by atoms with Crippen LogP contribution in [0.5, 0.6) is 0 Å². The van der Waals surface area contributed by atoms with Crippen LogP contribution in [-0.2, 0) is 9.63 Å². The molecule has 2 rings (SSSR count). The number of amides is 2. The van der Waals surface area contributed by atoms with Crippen LogP contribution in [0.2, 0.25) is 0 Å². The summed E-state index contributed by atoms with van der Waals surface area (Å²) in [4.78, 5) is 31.0. The molecular formula is C15H19FN2O3. The number of hydrogen-bond donors (Lipinski definition) is 0. The molecule has 0 aromatic heterocycles. The van der Waals surface area contributed by atoms with E-state index in [1.807, 2.05) is 0 Å². The highest BCUT2D eigenvalue weighted by Gasteiger charge is 2.30. The van der Waals surface area contributed by atoms with Crippen LogP contribution in [0.3, 0.4) is 0 Å². The minimum Gasteiger partial charge on any atom is -0.338 e. The first-order valence-electron chi connectivity index (χ1n) is 6.89. The van der Waals surface area contributed by atoms with Crippen molar-refractivity contribution in [2.75, 3.05) is 27.2 Å². The molecule has 1 aliphatic heterocycles. The van der Waals surface area contributed by atoms with Crippen molar-refractivity contribution >= 4 is 11.8 Å². The van der Waals surface area contributed by atoms with Crippen LogP contribution in [0.1, 0.15) is 23.2 Å². The molecule has 1 atom stereocenters. The summed E-state index contributed by atoms with van der Waals surface area (Å²) in [5.41, 5.74) is 0.435. The summed E-state index contributed by atoms with van der Waals surface area (Å²) in [6.45, 7) is 0.972. The Bertz CT molecular complexity index is 518. The minimum absolute atomic E-state index is 0.130. The number of hydroxylamine groups is 2. The molecule has 1 aliphatic rings. The van der Waals surface area contributed by atoms with Gasteiger partial charge >= 0.3 is 0 Å². The third kappa shape index (κ3) is 3.58. The summed E-state index contributed by atoms with van der Waals surface area (Å²) in [7, 11) is 2.99. The van der Waals surface area contributed by atoms with Gasteiger partial charge in [-0.25, -0.2) is 9.45 Å². The number of benzene rings is 1. The average Bonchev–Trinajstić information content (AvgIpc) is 2.53. The molecule has 0 saturated carbocycles. The summed E-state index contributed by atoms with van der Waals surface area (Å²) in [6, 6.07) is 5.45. The molecule has 0 aliphatic carbocycles. The number of hydrogen-bond acceptors (Lipinski definition) is 3. The van der Waals surface area contributed by atoms with Crippen LogP contribution in [-0.4, -0.2) is 49.0 Å². The van der Waals surface area contributed by atoms with E-state index in [0.717, 1.165) is 12.8 Å². The third-order valence-corrected chi connectivity index (χ3v) is 3.73. The standard InChI is InChI=1S/C15H19FN2O3/c1-17(21-2)14(19)12-4-3-9-18(10-12)15(20)11-5-7-13(16)8-6-11/h5-8,12H,3-4,9-10H2,1-2H3. The average molecular weight is 294 g/mol. The fourth-order valence-corrected chi connectivity index (χ4v) is 2.49. The maximum atomic E-state index is 12.9. The summed E-state index contributed by atoms with van der Waals surface area (Å²) in [6.07, 6.45) is 1.50. The van der Waals surface area contributed by atoms with Crippen LogP contribution in [0.15, 0.2) is 24.3 Å². The molecule has 2 amide bonds. The number of likely N-dealkylation sites (tertiary alicyclic amines) is 1. The van der Waals surface area contributed by atoms with Gasteiger partial charge in [0.1, 0.15) is 5.82 Å². The van der Waals surface area contributed by atoms with Gasteiger partial charge in [-0.1, -0.05) is 0 Å². The molecule has 6 heteroatoms. The second-order valence-corrected chi connectivity index (χ2v) is 5.12. The van der Waals surface area contributed by atoms with Gasteiger partial charge in [-0.3, -0.25) is 14.4 Å². The molecule has 1 aromatic carbocycles. The van der Waals surface area contributed by atoms with Gasteiger partial charge < -0.3 is 4.90 Å². The Hall–Kier alpha value is -1.95. The molecular weight excluding hydrogens is 275 g/mol. The molecule has 1 heterocycles. The first-order valence-corrected chi connectivity index (χ1v) is 6.89. The van der Waals surface area contributed by atoms with Gasteiger partial charge in [0.2, 0.25) is 0 Å². The molecule has 21 heavy (non-hydrogen) atoms. The molecule has 0 spiro atoms. The molecule has 114 valence electrons. The Morgan fingerprint density at radius 1 is 1.33 bits per heavy atom. The predicted octanol–water partition coefficient (Wildman–Crippen LogP) is 1.70. The molecule has 0 radical (unpaired) electrons. The maximum Gasteiger partial charge on any atom is 0.253 e. The SMILES string of the molecule is CON(C)C(=O)C1CCCN(C(=O)c2ccc(F)cc2)C1. The predicted molar refractivity (Wildman–Crippen MR) is 74.8 cm³/mol. The largest absolute Gasteiger partial charge is 0.338 e. The van der Waals surface area contributed by atoms with Crippen LogP contribution >= 0.6 is 0 Å². The normalized spacial score (nSPS) is 18.4. The number of nitrogens with zero attached hydrogens (tertiary/aromatic N) is 2. The summed E-state index contributed by atoms with van der Waals surface area (Å²) in [5.74, 6) is -0.935. The van der Waals surface area contributed by atoms with Gasteiger partial charge in [-0.2, -0.15) is 0 Å². The number of carbonyl (C=O) groups is 2. The van der Waals surface area contributed by atoms with Crippen molar-refractivity contribution in [1.29, 1.82) is 0 Å². The fraction of sp³-hybridized carbons (Fsp3) is 0.467. The van der Waals surface area contributed by atoms with Crippen LogP contribution < -0.4 is 0 Å². The smallest absolute Gasteiger partial charge is 0.253 e. The number of rotatable bonds is 3. The van der Waals surface area contributed by atoms with Gasteiger partial charge in [0.05, 0.1) is 13.0 Å².